The summed E-state index contributed by atoms with van der Waals surface area (Å²) in [5.74, 6) is -1.01. The summed E-state index contributed by atoms with van der Waals surface area (Å²) in [6.07, 6.45) is 1.71. The molecule has 5 nitrogen and oxygen atoms in total. The topological polar surface area (TPSA) is 68.3 Å². The summed E-state index contributed by atoms with van der Waals surface area (Å²) in [5, 5.41) is 0. The molecule has 1 N–H and O–H groups in total. The van der Waals surface area contributed by atoms with Crippen LogP contribution in [0.5, 0.6) is 0 Å². The van der Waals surface area contributed by atoms with E-state index in [4.69, 9.17) is 0 Å². The first-order chi connectivity index (χ1) is 7.15. The SMILES string of the molecule is CCC(=O)ONC(=O)c1ncccc1C. The predicted octanol–water partition coefficient (Wildman–Crippen LogP) is 0.988. The maximum Gasteiger partial charge on any atom is 0.331 e. The van der Waals surface area contributed by atoms with Crippen LogP contribution in [0.1, 0.15) is 29.4 Å². The molecule has 0 aliphatic heterocycles. The highest BCUT2D eigenvalue weighted by atomic mass is 16.7. The fourth-order valence-corrected chi connectivity index (χ4v) is 0.947. The van der Waals surface area contributed by atoms with Crippen molar-refractivity contribution in [3.05, 3.63) is 29.6 Å². The van der Waals surface area contributed by atoms with Crippen molar-refractivity contribution in [2.45, 2.75) is 20.3 Å². The lowest BCUT2D eigenvalue weighted by Crippen LogP contribution is -2.28. The Morgan fingerprint density at radius 3 is 2.87 bits per heavy atom. The zero-order valence-corrected chi connectivity index (χ0v) is 8.61. The molecule has 0 bridgehead atoms. The van der Waals surface area contributed by atoms with Crippen molar-refractivity contribution in [2.75, 3.05) is 0 Å². The van der Waals surface area contributed by atoms with Crippen molar-refractivity contribution in [3.8, 4) is 0 Å². The normalized spacial score (nSPS) is 9.47. The van der Waals surface area contributed by atoms with E-state index in [0.717, 1.165) is 5.56 Å². The predicted molar refractivity (Wildman–Crippen MR) is 52.8 cm³/mol. The molecule has 0 unspecified atom stereocenters. The number of hydrogen-bond donors (Lipinski definition) is 1. The van der Waals surface area contributed by atoms with Crippen LogP contribution in [-0.4, -0.2) is 16.9 Å². The minimum absolute atomic E-state index is 0.210. The number of aromatic nitrogens is 1. The molecular weight excluding hydrogens is 196 g/mol. The lowest BCUT2D eigenvalue weighted by atomic mass is 10.2. The van der Waals surface area contributed by atoms with Crippen molar-refractivity contribution in [1.29, 1.82) is 0 Å². The number of nitrogens with one attached hydrogen (secondary N) is 1. The molecule has 1 heterocycles. The van der Waals surface area contributed by atoms with Gasteiger partial charge in [-0.25, -0.2) is 4.79 Å². The number of pyridine rings is 1. The summed E-state index contributed by atoms with van der Waals surface area (Å²) in [6.45, 7) is 3.39. The van der Waals surface area contributed by atoms with Crippen LogP contribution in [0.25, 0.3) is 0 Å². The smallest absolute Gasteiger partial charge is 0.331 e. The first-order valence-corrected chi connectivity index (χ1v) is 4.56. The van der Waals surface area contributed by atoms with Crippen LogP contribution < -0.4 is 5.48 Å². The van der Waals surface area contributed by atoms with E-state index in [9.17, 15) is 9.59 Å². The van der Waals surface area contributed by atoms with Gasteiger partial charge in [0.05, 0.1) is 0 Å². The Hall–Kier alpha value is -1.91. The third kappa shape index (κ3) is 3.05. The number of hydroxylamine groups is 1. The van der Waals surface area contributed by atoms with Crippen LogP contribution >= 0.6 is 0 Å². The maximum absolute atomic E-state index is 11.4. The van der Waals surface area contributed by atoms with E-state index in [1.54, 1.807) is 26.0 Å². The Balaban J connectivity index is 2.62. The second-order valence-electron chi connectivity index (χ2n) is 2.93. The first-order valence-electron chi connectivity index (χ1n) is 4.56. The summed E-state index contributed by atoms with van der Waals surface area (Å²) in [7, 11) is 0. The Bertz CT molecular complexity index is 377. The summed E-state index contributed by atoms with van der Waals surface area (Å²) in [4.78, 5) is 30.6. The van der Waals surface area contributed by atoms with Gasteiger partial charge < -0.3 is 4.84 Å². The molecule has 1 aromatic heterocycles. The molecule has 5 heteroatoms. The molecular formula is C10H12N2O3. The molecule has 0 saturated carbocycles. The maximum atomic E-state index is 11.4. The van der Waals surface area contributed by atoms with Gasteiger partial charge in [-0.15, -0.1) is 0 Å². The fraction of sp³-hybridized carbons (Fsp3) is 0.300. The molecule has 0 spiro atoms. The summed E-state index contributed by atoms with van der Waals surface area (Å²) >= 11 is 0. The fourth-order valence-electron chi connectivity index (χ4n) is 0.947. The van der Waals surface area contributed by atoms with E-state index in [2.05, 4.69) is 9.82 Å². The average molecular weight is 208 g/mol. The van der Waals surface area contributed by atoms with Crippen molar-refractivity contribution in [2.24, 2.45) is 0 Å². The molecule has 1 rings (SSSR count). The van der Waals surface area contributed by atoms with Gasteiger partial charge in [0.15, 0.2) is 0 Å². The van der Waals surface area contributed by atoms with Gasteiger partial charge in [0.2, 0.25) is 0 Å². The zero-order valence-electron chi connectivity index (χ0n) is 8.61. The highest BCUT2D eigenvalue weighted by Gasteiger charge is 2.11. The molecule has 0 fully saturated rings. The van der Waals surface area contributed by atoms with Crippen LogP contribution in [0.4, 0.5) is 0 Å². The Kier molecular flexibility index (Phi) is 3.79. The van der Waals surface area contributed by atoms with E-state index >= 15 is 0 Å². The zero-order chi connectivity index (χ0) is 11.3. The van der Waals surface area contributed by atoms with E-state index in [0.29, 0.717) is 0 Å². The van der Waals surface area contributed by atoms with Crippen molar-refractivity contribution in [3.63, 3.8) is 0 Å². The molecule has 0 aromatic carbocycles. The number of amides is 1. The number of aryl methyl sites for hydroxylation is 1. The summed E-state index contributed by atoms with van der Waals surface area (Å²) < 4.78 is 0. The van der Waals surface area contributed by atoms with E-state index in [1.807, 2.05) is 5.48 Å². The third-order valence-electron chi connectivity index (χ3n) is 1.77. The van der Waals surface area contributed by atoms with Gasteiger partial charge in [-0.2, -0.15) is 5.48 Å². The Morgan fingerprint density at radius 2 is 2.27 bits per heavy atom. The molecule has 1 amide bonds. The number of nitrogens with zero attached hydrogens (tertiary/aromatic N) is 1. The standard InChI is InChI=1S/C10H12N2O3/c1-3-8(13)15-12-10(14)9-7(2)5-4-6-11-9/h4-6H,3H2,1-2H3,(H,12,14). The van der Waals surface area contributed by atoms with E-state index < -0.39 is 11.9 Å². The van der Waals surface area contributed by atoms with Crippen LogP contribution in [-0.2, 0) is 9.63 Å². The lowest BCUT2D eigenvalue weighted by Gasteiger charge is -2.05. The van der Waals surface area contributed by atoms with Gasteiger partial charge in [-0.3, -0.25) is 9.78 Å². The van der Waals surface area contributed by atoms with Gasteiger partial charge in [-0.1, -0.05) is 13.0 Å². The second kappa shape index (κ2) is 5.09. The van der Waals surface area contributed by atoms with Crippen molar-refractivity contribution >= 4 is 11.9 Å². The molecule has 0 atom stereocenters. The number of carbonyl (C=O) groups is 2. The van der Waals surface area contributed by atoms with Gasteiger partial charge in [0.25, 0.3) is 0 Å². The highest BCUT2D eigenvalue weighted by molar-refractivity contribution is 5.93. The highest BCUT2D eigenvalue weighted by Crippen LogP contribution is 2.02. The van der Waals surface area contributed by atoms with Gasteiger partial charge in [0, 0.05) is 12.6 Å². The molecule has 80 valence electrons. The Labute approximate surface area is 87.4 Å². The largest absolute Gasteiger partial charge is 0.340 e. The Morgan fingerprint density at radius 1 is 1.53 bits per heavy atom. The van der Waals surface area contributed by atoms with Crippen LogP contribution in [0.3, 0.4) is 0 Å². The number of carbonyl (C=O) groups excluding carboxylic acids is 2. The van der Waals surface area contributed by atoms with Crippen molar-refractivity contribution in [1.82, 2.24) is 10.5 Å². The van der Waals surface area contributed by atoms with E-state index in [1.165, 1.54) is 6.20 Å². The van der Waals surface area contributed by atoms with Gasteiger partial charge in [-0.05, 0) is 18.6 Å². The minimum atomic E-state index is -0.519. The molecule has 0 saturated heterocycles. The molecule has 1 aromatic rings. The van der Waals surface area contributed by atoms with Crippen LogP contribution in [0.15, 0.2) is 18.3 Å². The second-order valence-corrected chi connectivity index (χ2v) is 2.93. The molecule has 15 heavy (non-hydrogen) atoms. The molecule has 0 radical (unpaired) electrons. The first kappa shape index (κ1) is 11.2. The molecule has 0 aliphatic rings. The van der Waals surface area contributed by atoms with Crippen molar-refractivity contribution < 1.29 is 14.4 Å². The number of hydrogen-bond acceptors (Lipinski definition) is 4. The van der Waals surface area contributed by atoms with Crippen LogP contribution in [0.2, 0.25) is 0 Å². The van der Waals surface area contributed by atoms with Gasteiger partial charge >= 0.3 is 11.9 Å². The monoisotopic (exact) mass is 208 g/mol. The third-order valence-corrected chi connectivity index (χ3v) is 1.77. The van der Waals surface area contributed by atoms with Crippen LogP contribution in [0, 0.1) is 6.92 Å². The average Bonchev–Trinajstić information content (AvgIpc) is 2.26. The molecule has 0 aliphatic carbocycles. The summed E-state index contributed by atoms with van der Waals surface area (Å²) in [5.41, 5.74) is 3.02. The minimum Gasteiger partial charge on any atom is -0.340 e. The van der Waals surface area contributed by atoms with E-state index in [-0.39, 0.29) is 12.1 Å². The van der Waals surface area contributed by atoms with Gasteiger partial charge in [0.1, 0.15) is 5.69 Å². The summed E-state index contributed by atoms with van der Waals surface area (Å²) in [6, 6.07) is 3.48. The quantitative estimate of drug-likeness (QED) is 0.736. The number of rotatable bonds is 2. The lowest BCUT2D eigenvalue weighted by molar-refractivity contribution is -0.148.